The van der Waals surface area contributed by atoms with Crippen LogP contribution in [0.25, 0.3) is 0 Å². The van der Waals surface area contributed by atoms with Crippen LogP contribution in [-0.4, -0.2) is 12.1 Å². The molecule has 3 rings (SSSR count). The molecular weight excluding hydrogens is 304 g/mol. The molecule has 128 valence electrons. The van der Waals surface area contributed by atoms with E-state index in [1.165, 1.54) is 16.7 Å². The Labute approximate surface area is 150 Å². The lowest BCUT2D eigenvalue weighted by molar-refractivity contribution is 0.389. The first kappa shape index (κ1) is 17.4. The minimum Gasteiger partial charge on any atom is -0.324 e. The Morgan fingerprint density at radius 2 is 0.960 bits per heavy atom. The lowest BCUT2D eigenvalue weighted by Gasteiger charge is -2.39. The van der Waals surface area contributed by atoms with Gasteiger partial charge in [-0.2, -0.15) is 0 Å². The third-order valence-corrected chi connectivity index (χ3v) is 4.43. The molecule has 0 amide bonds. The summed E-state index contributed by atoms with van der Waals surface area (Å²) in [6.45, 7) is 4.78. The first-order valence-corrected chi connectivity index (χ1v) is 8.73. The second-order valence-electron chi connectivity index (χ2n) is 7.19. The number of hydrogen-bond donors (Lipinski definition) is 2. The van der Waals surface area contributed by atoms with Crippen LogP contribution in [-0.2, 0) is 5.54 Å². The van der Waals surface area contributed by atoms with Crippen LogP contribution >= 0.6 is 0 Å². The van der Waals surface area contributed by atoms with E-state index < -0.39 is 5.54 Å². The number of nitrogens with two attached hydrogens (primary N) is 1. The van der Waals surface area contributed by atoms with Gasteiger partial charge in [-0.1, -0.05) is 91.0 Å². The highest BCUT2D eigenvalue weighted by Crippen LogP contribution is 2.36. The topological polar surface area (TPSA) is 38.0 Å². The van der Waals surface area contributed by atoms with E-state index in [9.17, 15) is 0 Å². The van der Waals surface area contributed by atoms with Gasteiger partial charge in [0, 0.05) is 12.1 Å². The molecule has 0 aliphatic carbocycles. The van der Waals surface area contributed by atoms with Crippen molar-refractivity contribution < 1.29 is 0 Å². The quantitative estimate of drug-likeness (QED) is 0.661. The fourth-order valence-corrected chi connectivity index (χ4v) is 3.23. The molecule has 25 heavy (non-hydrogen) atoms. The molecule has 0 unspecified atom stereocenters. The molecule has 2 heteroatoms. The SMILES string of the molecule is CC(C)(N)CNC(c1ccccc1)(c1ccccc1)c1ccccc1. The maximum Gasteiger partial charge on any atom is 0.0948 e. The summed E-state index contributed by atoms with van der Waals surface area (Å²) in [7, 11) is 0. The first-order valence-electron chi connectivity index (χ1n) is 8.73. The molecule has 0 saturated carbocycles. The smallest absolute Gasteiger partial charge is 0.0948 e. The van der Waals surface area contributed by atoms with E-state index in [1.54, 1.807) is 0 Å². The van der Waals surface area contributed by atoms with Gasteiger partial charge < -0.3 is 5.73 Å². The molecule has 0 radical (unpaired) electrons. The van der Waals surface area contributed by atoms with E-state index in [0.29, 0.717) is 6.54 Å². The second-order valence-corrected chi connectivity index (χ2v) is 7.19. The molecule has 0 aliphatic heterocycles. The zero-order valence-electron chi connectivity index (χ0n) is 14.9. The van der Waals surface area contributed by atoms with Gasteiger partial charge in [-0.05, 0) is 30.5 Å². The number of benzene rings is 3. The summed E-state index contributed by atoms with van der Waals surface area (Å²) < 4.78 is 0. The monoisotopic (exact) mass is 330 g/mol. The van der Waals surface area contributed by atoms with Crippen LogP contribution in [0.1, 0.15) is 30.5 Å². The van der Waals surface area contributed by atoms with Crippen molar-refractivity contribution in [3.63, 3.8) is 0 Å². The van der Waals surface area contributed by atoms with Gasteiger partial charge in [0.15, 0.2) is 0 Å². The highest BCUT2D eigenvalue weighted by Gasteiger charge is 2.36. The van der Waals surface area contributed by atoms with E-state index in [0.717, 1.165) is 0 Å². The Morgan fingerprint density at radius 1 is 0.640 bits per heavy atom. The van der Waals surface area contributed by atoms with Crippen LogP contribution < -0.4 is 11.1 Å². The van der Waals surface area contributed by atoms with Crippen LogP contribution in [0.15, 0.2) is 91.0 Å². The third kappa shape index (κ3) is 3.81. The van der Waals surface area contributed by atoms with Crippen molar-refractivity contribution in [2.45, 2.75) is 24.9 Å². The van der Waals surface area contributed by atoms with Crippen molar-refractivity contribution in [1.29, 1.82) is 0 Å². The molecule has 0 aromatic heterocycles. The standard InChI is InChI=1S/C23H26N2/c1-22(2,24)18-25-23(19-12-6-3-7-13-19,20-14-8-4-9-15-20)21-16-10-5-11-17-21/h3-17,25H,18,24H2,1-2H3. The Bertz CT molecular complexity index is 678. The predicted molar refractivity (Wildman–Crippen MR) is 105 cm³/mol. The minimum atomic E-state index is -0.444. The average molecular weight is 330 g/mol. The van der Waals surface area contributed by atoms with Crippen LogP contribution in [0.4, 0.5) is 0 Å². The summed E-state index contributed by atoms with van der Waals surface area (Å²) >= 11 is 0. The molecular formula is C23H26N2. The number of rotatable bonds is 6. The van der Waals surface area contributed by atoms with Crippen molar-refractivity contribution in [3.05, 3.63) is 108 Å². The van der Waals surface area contributed by atoms with Gasteiger partial charge in [0.05, 0.1) is 5.54 Å². The zero-order chi connectivity index (χ0) is 17.8. The normalized spacial score (nSPS) is 12.1. The van der Waals surface area contributed by atoms with Gasteiger partial charge in [-0.15, -0.1) is 0 Å². The van der Waals surface area contributed by atoms with Gasteiger partial charge in [0.2, 0.25) is 0 Å². The number of nitrogens with one attached hydrogen (secondary N) is 1. The van der Waals surface area contributed by atoms with Crippen LogP contribution in [0.3, 0.4) is 0 Å². The maximum atomic E-state index is 6.31. The molecule has 3 N–H and O–H groups in total. The fraction of sp³-hybridized carbons (Fsp3) is 0.217. The Balaban J connectivity index is 2.24. The largest absolute Gasteiger partial charge is 0.324 e. The van der Waals surface area contributed by atoms with Gasteiger partial charge in [0.25, 0.3) is 0 Å². The predicted octanol–water partition coefficient (Wildman–Crippen LogP) is 4.31. The van der Waals surface area contributed by atoms with Crippen molar-refractivity contribution in [2.75, 3.05) is 6.54 Å². The third-order valence-electron chi connectivity index (χ3n) is 4.43. The molecule has 0 saturated heterocycles. The molecule has 3 aromatic carbocycles. The summed E-state index contributed by atoms with van der Waals surface area (Å²) in [6, 6.07) is 31.8. The first-order chi connectivity index (χ1) is 12.0. The molecule has 0 bridgehead atoms. The fourth-order valence-electron chi connectivity index (χ4n) is 3.23. The summed E-state index contributed by atoms with van der Waals surface area (Å²) in [5, 5.41) is 3.80. The lowest BCUT2D eigenvalue weighted by atomic mass is 9.76. The molecule has 2 nitrogen and oxygen atoms in total. The van der Waals surface area contributed by atoms with Crippen LogP contribution in [0.2, 0.25) is 0 Å². The van der Waals surface area contributed by atoms with E-state index in [1.807, 2.05) is 13.8 Å². The van der Waals surface area contributed by atoms with Crippen molar-refractivity contribution in [3.8, 4) is 0 Å². The minimum absolute atomic E-state index is 0.316. The maximum absolute atomic E-state index is 6.31. The lowest BCUT2D eigenvalue weighted by Crippen LogP contribution is -2.52. The van der Waals surface area contributed by atoms with E-state index in [4.69, 9.17) is 5.73 Å². The number of hydrogen-bond acceptors (Lipinski definition) is 2. The van der Waals surface area contributed by atoms with E-state index in [-0.39, 0.29) is 5.54 Å². The van der Waals surface area contributed by atoms with E-state index >= 15 is 0 Å². The van der Waals surface area contributed by atoms with Gasteiger partial charge in [-0.25, -0.2) is 0 Å². The molecule has 0 aliphatic rings. The summed E-state index contributed by atoms with van der Waals surface area (Å²) in [5.74, 6) is 0. The van der Waals surface area contributed by atoms with Gasteiger partial charge in [-0.3, -0.25) is 5.32 Å². The van der Waals surface area contributed by atoms with Crippen LogP contribution in [0, 0.1) is 0 Å². The van der Waals surface area contributed by atoms with Crippen molar-refractivity contribution >= 4 is 0 Å². The van der Waals surface area contributed by atoms with Crippen molar-refractivity contribution in [1.82, 2.24) is 5.32 Å². The highest BCUT2D eigenvalue weighted by atomic mass is 15.0. The Morgan fingerprint density at radius 3 is 1.24 bits per heavy atom. The molecule has 0 atom stereocenters. The average Bonchev–Trinajstić information content (AvgIpc) is 2.64. The summed E-state index contributed by atoms with van der Waals surface area (Å²) in [5.41, 5.74) is 9.17. The zero-order valence-corrected chi connectivity index (χ0v) is 14.9. The molecule has 0 heterocycles. The van der Waals surface area contributed by atoms with Crippen LogP contribution in [0.5, 0.6) is 0 Å². The highest BCUT2D eigenvalue weighted by molar-refractivity contribution is 5.49. The second kappa shape index (κ2) is 7.22. The van der Waals surface area contributed by atoms with Gasteiger partial charge >= 0.3 is 0 Å². The molecule has 0 fully saturated rings. The van der Waals surface area contributed by atoms with Gasteiger partial charge in [0.1, 0.15) is 0 Å². The summed E-state index contributed by atoms with van der Waals surface area (Å²) in [4.78, 5) is 0. The Hall–Kier alpha value is -2.42. The summed E-state index contributed by atoms with van der Waals surface area (Å²) in [6.07, 6.45) is 0. The molecule has 3 aromatic rings. The van der Waals surface area contributed by atoms with Crippen molar-refractivity contribution in [2.24, 2.45) is 5.73 Å². The van der Waals surface area contributed by atoms with E-state index in [2.05, 4.69) is 96.3 Å². The molecule has 0 spiro atoms. The Kier molecular flexibility index (Phi) is 5.03.